The number of rotatable bonds is 5. The Hall–Kier alpha value is -2.74. The van der Waals surface area contributed by atoms with Crippen LogP contribution in [0.5, 0.6) is 0 Å². The van der Waals surface area contributed by atoms with Gasteiger partial charge in [0, 0.05) is 41.5 Å². The number of hydrogen-bond acceptors (Lipinski definition) is 7. The molecule has 2 aromatic heterocycles. The fourth-order valence-corrected chi connectivity index (χ4v) is 3.25. The Morgan fingerprint density at radius 3 is 2.56 bits per heavy atom. The van der Waals surface area contributed by atoms with Crippen LogP contribution in [0.4, 0.5) is 23.1 Å². The average Bonchev–Trinajstić information content (AvgIpc) is 2.93. The van der Waals surface area contributed by atoms with Crippen molar-refractivity contribution in [3.63, 3.8) is 0 Å². The zero-order valence-electron chi connectivity index (χ0n) is 13.9. The molecule has 1 aromatic carbocycles. The van der Waals surface area contributed by atoms with Crippen molar-refractivity contribution in [3.8, 4) is 0 Å². The molecule has 1 saturated heterocycles. The Bertz CT molecular complexity index is 871. The van der Waals surface area contributed by atoms with E-state index in [0.717, 1.165) is 46.8 Å². The second-order valence-electron chi connectivity index (χ2n) is 5.97. The largest absolute Gasteiger partial charge is 0.399 e. The van der Waals surface area contributed by atoms with Gasteiger partial charge in [-0.25, -0.2) is 9.97 Å². The summed E-state index contributed by atoms with van der Waals surface area (Å²) in [4.78, 5) is 12.6. The minimum absolute atomic E-state index is 0.698. The number of nitrogens with two attached hydrogens (primary N) is 1. The number of aromatic amines is 1. The van der Waals surface area contributed by atoms with Crippen molar-refractivity contribution in [2.24, 2.45) is 0 Å². The molecule has 25 heavy (non-hydrogen) atoms. The molecular formula is C17H19N7S. The van der Waals surface area contributed by atoms with Crippen LogP contribution in [0.25, 0.3) is 0 Å². The number of nitrogens with one attached hydrogen (secondary N) is 2. The second-order valence-corrected chi connectivity index (χ2v) is 7.01. The molecule has 3 heterocycles. The highest BCUT2D eigenvalue weighted by Gasteiger charge is 2.18. The molecule has 128 valence electrons. The Balaban J connectivity index is 1.62. The van der Waals surface area contributed by atoms with Crippen LogP contribution in [0.2, 0.25) is 0 Å². The minimum atomic E-state index is 0.698. The lowest BCUT2D eigenvalue weighted by atomic mass is 10.2. The molecule has 0 saturated carbocycles. The lowest BCUT2D eigenvalue weighted by molar-refractivity contribution is 0.605. The first-order valence-corrected chi connectivity index (χ1v) is 8.94. The number of aryl methyl sites for hydroxylation is 1. The first kappa shape index (κ1) is 15.8. The zero-order valence-corrected chi connectivity index (χ0v) is 14.7. The lowest BCUT2D eigenvalue weighted by Crippen LogP contribution is -2.37. The average molecular weight is 353 g/mol. The van der Waals surface area contributed by atoms with Crippen molar-refractivity contribution in [1.29, 1.82) is 0 Å². The standard InChI is InChI=1S/C17H19N7S/c1-11-9-15(23-22-11)19-14-10-16(24-7-2-8-24)21-17(20-14)25-13-5-3-12(18)4-6-13/h3-6,9-10H,2,7-8,18H2,1H3,(H2,19,20,21,22,23). The van der Waals surface area contributed by atoms with E-state index in [9.17, 15) is 0 Å². The summed E-state index contributed by atoms with van der Waals surface area (Å²) in [6, 6.07) is 11.6. The van der Waals surface area contributed by atoms with Crippen molar-refractivity contribution in [2.75, 3.05) is 29.0 Å². The molecule has 0 atom stereocenters. The van der Waals surface area contributed by atoms with Crippen LogP contribution in [0.15, 0.2) is 46.5 Å². The molecule has 1 fully saturated rings. The molecule has 0 bridgehead atoms. The first-order valence-electron chi connectivity index (χ1n) is 8.12. The minimum Gasteiger partial charge on any atom is -0.399 e. The van der Waals surface area contributed by atoms with Gasteiger partial charge in [-0.15, -0.1) is 0 Å². The van der Waals surface area contributed by atoms with Gasteiger partial charge in [0.1, 0.15) is 11.6 Å². The molecule has 1 aliphatic heterocycles. The maximum Gasteiger partial charge on any atom is 0.196 e. The van der Waals surface area contributed by atoms with Crippen LogP contribution in [0.1, 0.15) is 12.1 Å². The van der Waals surface area contributed by atoms with Crippen LogP contribution in [0.3, 0.4) is 0 Å². The van der Waals surface area contributed by atoms with Gasteiger partial charge in [0.05, 0.1) is 0 Å². The molecule has 0 radical (unpaired) electrons. The summed E-state index contributed by atoms with van der Waals surface area (Å²) in [5.74, 6) is 2.42. The number of nitrogens with zero attached hydrogens (tertiary/aromatic N) is 4. The van der Waals surface area contributed by atoms with Crippen molar-refractivity contribution >= 4 is 34.9 Å². The highest BCUT2D eigenvalue weighted by atomic mass is 32.2. The topological polar surface area (TPSA) is 95.8 Å². The van der Waals surface area contributed by atoms with E-state index in [1.165, 1.54) is 18.2 Å². The number of H-pyrrole nitrogens is 1. The highest BCUT2D eigenvalue weighted by molar-refractivity contribution is 7.99. The number of nitrogen functional groups attached to an aromatic ring is 1. The molecule has 0 unspecified atom stereocenters. The van der Waals surface area contributed by atoms with Crippen molar-refractivity contribution in [3.05, 3.63) is 42.1 Å². The number of aromatic nitrogens is 4. The molecule has 7 nitrogen and oxygen atoms in total. The number of anilines is 4. The molecule has 8 heteroatoms. The first-order chi connectivity index (χ1) is 12.2. The van der Waals surface area contributed by atoms with Gasteiger partial charge in [-0.05, 0) is 49.4 Å². The van der Waals surface area contributed by atoms with E-state index in [2.05, 4.69) is 25.4 Å². The number of hydrogen-bond donors (Lipinski definition) is 3. The Morgan fingerprint density at radius 1 is 1.12 bits per heavy atom. The van der Waals surface area contributed by atoms with Gasteiger partial charge in [0.15, 0.2) is 11.0 Å². The fraction of sp³-hybridized carbons (Fsp3) is 0.235. The van der Waals surface area contributed by atoms with Gasteiger partial charge in [0.2, 0.25) is 0 Å². The van der Waals surface area contributed by atoms with Crippen LogP contribution in [0, 0.1) is 6.92 Å². The third kappa shape index (κ3) is 3.69. The van der Waals surface area contributed by atoms with Gasteiger partial charge in [0.25, 0.3) is 0 Å². The highest BCUT2D eigenvalue weighted by Crippen LogP contribution is 2.30. The van der Waals surface area contributed by atoms with Crippen molar-refractivity contribution in [1.82, 2.24) is 20.2 Å². The Labute approximate surface area is 150 Å². The van der Waals surface area contributed by atoms with Gasteiger partial charge >= 0.3 is 0 Å². The Kier molecular flexibility index (Phi) is 4.19. The lowest BCUT2D eigenvalue weighted by Gasteiger charge is -2.32. The van der Waals surface area contributed by atoms with Crippen LogP contribution >= 0.6 is 11.8 Å². The maximum absolute atomic E-state index is 5.75. The van der Waals surface area contributed by atoms with Gasteiger partial charge in [-0.3, -0.25) is 5.10 Å². The van der Waals surface area contributed by atoms with Gasteiger partial charge < -0.3 is 16.0 Å². The third-order valence-electron chi connectivity index (χ3n) is 3.92. The summed E-state index contributed by atoms with van der Waals surface area (Å²) in [5, 5.41) is 11.1. The zero-order chi connectivity index (χ0) is 17.2. The predicted octanol–water partition coefficient (Wildman–Crippen LogP) is 3.20. The third-order valence-corrected chi connectivity index (χ3v) is 4.80. The maximum atomic E-state index is 5.75. The second kappa shape index (κ2) is 6.64. The summed E-state index contributed by atoms with van der Waals surface area (Å²) in [7, 11) is 0. The monoisotopic (exact) mass is 353 g/mol. The number of benzene rings is 1. The molecular weight excluding hydrogens is 334 g/mol. The summed E-state index contributed by atoms with van der Waals surface area (Å²) < 4.78 is 0. The summed E-state index contributed by atoms with van der Waals surface area (Å²) in [6.45, 7) is 4.03. The van der Waals surface area contributed by atoms with E-state index in [0.29, 0.717) is 5.16 Å². The molecule has 1 aliphatic rings. The molecule has 0 spiro atoms. The molecule has 3 aromatic rings. The van der Waals surface area contributed by atoms with Gasteiger partial charge in [-0.2, -0.15) is 5.10 Å². The summed E-state index contributed by atoms with van der Waals surface area (Å²) in [5.41, 5.74) is 7.50. The van der Waals surface area contributed by atoms with E-state index >= 15 is 0 Å². The van der Waals surface area contributed by atoms with E-state index < -0.39 is 0 Å². The Morgan fingerprint density at radius 2 is 1.92 bits per heavy atom. The van der Waals surface area contributed by atoms with E-state index in [4.69, 9.17) is 10.7 Å². The molecule has 4 N–H and O–H groups in total. The van der Waals surface area contributed by atoms with E-state index in [1.54, 1.807) is 0 Å². The van der Waals surface area contributed by atoms with E-state index in [1.807, 2.05) is 43.3 Å². The summed E-state index contributed by atoms with van der Waals surface area (Å²) in [6.07, 6.45) is 1.20. The normalized spacial score (nSPS) is 13.6. The molecule has 0 amide bonds. The summed E-state index contributed by atoms with van der Waals surface area (Å²) >= 11 is 1.52. The smallest absolute Gasteiger partial charge is 0.196 e. The van der Waals surface area contributed by atoms with Crippen LogP contribution in [-0.4, -0.2) is 33.3 Å². The predicted molar refractivity (Wildman–Crippen MR) is 100 cm³/mol. The van der Waals surface area contributed by atoms with Crippen LogP contribution in [-0.2, 0) is 0 Å². The van der Waals surface area contributed by atoms with Gasteiger partial charge in [-0.1, -0.05) is 0 Å². The van der Waals surface area contributed by atoms with Crippen LogP contribution < -0.4 is 16.0 Å². The SMILES string of the molecule is Cc1cc(Nc2cc(N3CCC3)nc(Sc3ccc(N)cc3)n2)n[nH]1. The quantitative estimate of drug-likeness (QED) is 0.479. The van der Waals surface area contributed by atoms with Crippen molar-refractivity contribution < 1.29 is 0 Å². The van der Waals surface area contributed by atoms with Crippen molar-refractivity contribution in [2.45, 2.75) is 23.4 Å². The van der Waals surface area contributed by atoms with E-state index in [-0.39, 0.29) is 0 Å². The fourth-order valence-electron chi connectivity index (χ4n) is 2.48. The molecule has 0 aliphatic carbocycles. The molecule has 4 rings (SSSR count).